The monoisotopic (exact) mass is 277 g/mol. The van der Waals surface area contributed by atoms with Crippen molar-refractivity contribution < 1.29 is 4.79 Å². The van der Waals surface area contributed by atoms with Gasteiger partial charge in [-0.1, -0.05) is 36.4 Å². The lowest BCUT2D eigenvalue weighted by Gasteiger charge is -2.07. The van der Waals surface area contributed by atoms with Crippen molar-refractivity contribution in [1.29, 1.82) is 0 Å². The van der Waals surface area contributed by atoms with Crippen LogP contribution in [-0.2, 0) is 6.54 Å². The third kappa shape index (κ3) is 2.56. The highest BCUT2D eigenvalue weighted by Crippen LogP contribution is 2.20. The standard InChI is InChI=1S/C17H15N3O/c1-2-12-20-15-11-7-6-10-14(15)18-17(20)19-16(21)13-8-4-3-5-9-13/h2-11H,1,12H2,(H,18,19,21). The molecule has 0 aliphatic heterocycles. The summed E-state index contributed by atoms with van der Waals surface area (Å²) < 4.78 is 1.93. The minimum atomic E-state index is -0.170. The third-order valence-corrected chi connectivity index (χ3v) is 3.23. The lowest BCUT2D eigenvalue weighted by molar-refractivity contribution is 0.102. The Labute approximate surface area is 122 Å². The number of nitrogens with zero attached hydrogens (tertiary/aromatic N) is 2. The number of imidazole rings is 1. The SMILES string of the molecule is C=CCn1c(NC(=O)c2ccccc2)nc2ccccc21. The predicted molar refractivity (Wildman–Crippen MR) is 84.3 cm³/mol. The summed E-state index contributed by atoms with van der Waals surface area (Å²) in [5.41, 5.74) is 2.43. The summed E-state index contributed by atoms with van der Waals surface area (Å²) in [6.45, 7) is 4.35. The van der Waals surface area contributed by atoms with Crippen LogP contribution in [0, 0.1) is 0 Å². The van der Waals surface area contributed by atoms with E-state index in [4.69, 9.17) is 0 Å². The quantitative estimate of drug-likeness (QED) is 0.742. The predicted octanol–water partition coefficient (Wildman–Crippen LogP) is 3.47. The molecule has 0 fully saturated rings. The van der Waals surface area contributed by atoms with Crippen LogP contribution in [0.15, 0.2) is 67.3 Å². The molecule has 3 aromatic rings. The van der Waals surface area contributed by atoms with Gasteiger partial charge >= 0.3 is 0 Å². The molecule has 0 saturated carbocycles. The molecular weight excluding hydrogens is 262 g/mol. The topological polar surface area (TPSA) is 46.9 Å². The van der Waals surface area contributed by atoms with Crippen LogP contribution in [-0.4, -0.2) is 15.5 Å². The fraction of sp³-hybridized carbons (Fsp3) is 0.0588. The number of rotatable bonds is 4. The second kappa shape index (κ2) is 5.63. The molecule has 3 rings (SSSR count). The Hall–Kier alpha value is -2.88. The molecule has 0 bridgehead atoms. The zero-order valence-corrected chi connectivity index (χ0v) is 11.5. The summed E-state index contributed by atoms with van der Waals surface area (Å²) in [7, 11) is 0. The number of aromatic nitrogens is 2. The summed E-state index contributed by atoms with van der Waals surface area (Å²) in [5, 5.41) is 2.87. The van der Waals surface area contributed by atoms with Crippen LogP contribution >= 0.6 is 0 Å². The van der Waals surface area contributed by atoms with E-state index in [0.717, 1.165) is 11.0 Å². The minimum Gasteiger partial charge on any atom is -0.306 e. The van der Waals surface area contributed by atoms with Crippen molar-refractivity contribution >= 4 is 22.9 Å². The maximum atomic E-state index is 12.3. The largest absolute Gasteiger partial charge is 0.306 e. The van der Waals surface area contributed by atoms with E-state index in [9.17, 15) is 4.79 Å². The second-order valence-corrected chi connectivity index (χ2v) is 4.64. The maximum absolute atomic E-state index is 12.3. The van der Waals surface area contributed by atoms with E-state index in [-0.39, 0.29) is 5.91 Å². The van der Waals surface area contributed by atoms with Crippen molar-refractivity contribution in [2.45, 2.75) is 6.54 Å². The summed E-state index contributed by atoms with van der Waals surface area (Å²) in [6.07, 6.45) is 1.78. The number of nitrogens with one attached hydrogen (secondary N) is 1. The van der Waals surface area contributed by atoms with Gasteiger partial charge < -0.3 is 4.57 Å². The van der Waals surface area contributed by atoms with Gasteiger partial charge in [0.15, 0.2) is 0 Å². The lowest BCUT2D eigenvalue weighted by Crippen LogP contribution is -2.15. The number of hydrogen-bond acceptors (Lipinski definition) is 2. The molecule has 4 nitrogen and oxygen atoms in total. The molecule has 4 heteroatoms. The molecule has 0 atom stereocenters. The number of amides is 1. The van der Waals surface area contributed by atoms with Gasteiger partial charge in [-0.3, -0.25) is 10.1 Å². The van der Waals surface area contributed by atoms with Gasteiger partial charge in [0.25, 0.3) is 5.91 Å². The zero-order valence-electron chi connectivity index (χ0n) is 11.5. The highest BCUT2D eigenvalue weighted by atomic mass is 16.1. The second-order valence-electron chi connectivity index (χ2n) is 4.64. The molecule has 0 spiro atoms. The highest BCUT2D eigenvalue weighted by Gasteiger charge is 2.13. The van der Waals surface area contributed by atoms with Gasteiger partial charge in [-0.2, -0.15) is 0 Å². The van der Waals surface area contributed by atoms with E-state index in [2.05, 4.69) is 16.9 Å². The maximum Gasteiger partial charge on any atom is 0.257 e. The zero-order chi connectivity index (χ0) is 14.7. The first-order chi connectivity index (χ1) is 10.3. The summed E-state index contributed by atoms with van der Waals surface area (Å²) >= 11 is 0. The number of para-hydroxylation sites is 2. The van der Waals surface area contributed by atoms with Crippen molar-refractivity contribution in [3.05, 3.63) is 72.8 Å². The number of fused-ring (bicyclic) bond motifs is 1. The molecule has 1 aromatic heterocycles. The minimum absolute atomic E-state index is 0.170. The van der Waals surface area contributed by atoms with Crippen LogP contribution in [0.1, 0.15) is 10.4 Å². The van der Waals surface area contributed by atoms with Crippen molar-refractivity contribution in [2.24, 2.45) is 0 Å². The number of carbonyl (C=O) groups is 1. The molecule has 1 N–H and O–H groups in total. The van der Waals surface area contributed by atoms with Crippen LogP contribution in [0.3, 0.4) is 0 Å². The molecule has 2 aromatic carbocycles. The van der Waals surface area contributed by atoms with E-state index < -0.39 is 0 Å². The third-order valence-electron chi connectivity index (χ3n) is 3.23. The molecule has 1 amide bonds. The number of carbonyl (C=O) groups excluding carboxylic acids is 1. The van der Waals surface area contributed by atoms with Crippen molar-refractivity contribution in [3.8, 4) is 0 Å². The van der Waals surface area contributed by atoms with Gasteiger partial charge in [-0.15, -0.1) is 6.58 Å². The van der Waals surface area contributed by atoms with Crippen LogP contribution < -0.4 is 5.32 Å². The lowest BCUT2D eigenvalue weighted by atomic mass is 10.2. The summed E-state index contributed by atoms with van der Waals surface area (Å²) in [4.78, 5) is 16.7. The van der Waals surface area contributed by atoms with E-state index >= 15 is 0 Å². The van der Waals surface area contributed by atoms with Gasteiger partial charge in [0, 0.05) is 12.1 Å². The molecule has 1 heterocycles. The Morgan fingerprint density at radius 2 is 1.86 bits per heavy atom. The Bertz CT molecular complexity index is 790. The average Bonchev–Trinajstić information content (AvgIpc) is 2.86. The van der Waals surface area contributed by atoms with E-state index in [1.54, 1.807) is 18.2 Å². The Kier molecular flexibility index (Phi) is 3.51. The highest BCUT2D eigenvalue weighted by molar-refractivity contribution is 6.04. The van der Waals surface area contributed by atoms with Gasteiger partial charge in [0.1, 0.15) is 0 Å². The molecule has 0 unspecified atom stereocenters. The number of hydrogen-bond donors (Lipinski definition) is 1. The van der Waals surface area contributed by atoms with E-state index in [1.807, 2.05) is 47.0 Å². The molecule has 0 aliphatic rings. The normalized spacial score (nSPS) is 10.5. The first-order valence-corrected chi connectivity index (χ1v) is 6.72. The van der Waals surface area contributed by atoms with Crippen LogP contribution in [0.2, 0.25) is 0 Å². The smallest absolute Gasteiger partial charge is 0.257 e. The van der Waals surface area contributed by atoms with Crippen molar-refractivity contribution in [2.75, 3.05) is 5.32 Å². The average molecular weight is 277 g/mol. The van der Waals surface area contributed by atoms with E-state index in [1.165, 1.54) is 0 Å². The van der Waals surface area contributed by atoms with Crippen LogP contribution in [0.5, 0.6) is 0 Å². The van der Waals surface area contributed by atoms with Crippen molar-refractivity contribution in [3.63, 3.8) is 0 Å². The number of benzene rings is 2. The first kappa shape index (κ1) is 13.1. The molecule has 0 radical (unpaired) electrons. The van der Waals surface area contributed by atoms with Gasteiger partial charge in [-0.05, 0) is 24.3 Å². The number of allylic oxidation sites excluding steroid dienone is 1. The van der Waals surface area contributed by atoms with Crippen LogP contribution in [0.25, 0.3) is 11.0 Å². The first-order valence-electron chi connectivity index (χ1n) is 6.72. The molecule has 0 saturated heterocycles. The molecule has 104 valence electrons. The van der Waals surface area contributed by atoms with Gasteiger partial charge in [-0.25, -0.2) is 4.98 Å². The summed E-state index contributed by atoms with van der Waals surface area (Å²) in [6, 6.07) is 16.9. The molecule has 0 aliphatic carbocycles. The fourth-order valence-electron chi connectivity index (χ4n) is 2.25. The summed E-state index contributed by atoms with van der Waals surface area (Å²) in [5.74, 6) is 0.362. The van der Waals surface area contributed by atoms with Crippen LogP contribution in [0.4, 0.5) is 5.95 Å². The Morgan fingerprint density at radius 3 is 2.62 bits per heavy atom. The van der Waals surface area contributed by atoms with Gasteiger partial charge in [0.05, 0.1) is 11.0 Å². The van der Waals surface area contributed by atoms with E-state index in [0.29, 0.717) is 18.1 Å². The number of anilines is 1. The Morgan fingerprint density at radius 1 is 1.14 bits per heavy atom. The Balaban J connectivity index is 1.98. The fourth-order valence-corrected chi connectivity index (χ4v) is 2.25. The molecular formula is C17H15N3O. The molecule has 21 heavy (non-hydrogen) atoms. The van der Waals surface area contributed by atoms with Gasteiger partial charge in [0.2, 0.25) is 5.95 Å². The van der Waals surface area contributed by atoms with Crippen molar-refractivity contribution in [1.82, 2.24) is 9.55 Å².